The first-order valence-electron chi connectivity index (χ1n) is 21.7. The van der Waals surface area contributed by atoms with E-state index in [0.717, 1.165) is 69.6 Å². The van der Waals surface area contributed by atoms with Crippen LogP contribution in [-0.2, 0) is 15.0 Å². The number of ketones is 1. The minimum absolute atomic E-state index is 0.0322. The molecule has 6 heteroatoms. The van der Waals surface area contributed by atoms with E-state index in [4.69, 9.17) is 16.6 Å². The van der Waals surface area contributed by atoms with Crippen molar-refractivity contribution in [3.8, 4) is 11.1 Å². The molecule has 9 rings (SSSR count). The molecule has 1 saturated carbocycles. The van der Waals surface area contributed by atoms with Crippen molar-refractivity contribution in [2.75, 3.05) is 10.2 Å². The van der Waals surface area contributed by atoms with Crippen LogP contribution in [0.15, 0.2) is 157 Å². The summed E-state index contributed by atoms with van der Waals surface area (Å²) in [6.07, 6.45) is 6.10. The molecular weight excluding hydrogens is 770 g/mol. The average Bonchev–Trinajstić information content (AvgIpc) is 3.42. The minimum atomic E-state index is -0.718. The highest BCUT2D eigenvalue weighted by molar-refractivity contribution is 6.31. The van der Waals surface area contributed by atoms with Gasteiger partial charge in [-0.15, -0.1) is 0 Å². The molecule has 1 amide bonds. The van der Waals surface area contributed by atoms with Crippen LogP contribution in [0.25, 0.3) is 16.7 Å². The summed E-state index contributed by atoms with van der Waals surface area (Å²) in [6.45, 7) is 8.71. The molecule has 6 aromatic rings. The van der Waals surface area contributed by atoms with E-state index >= 15 is 0 Å². The van der Waals surface area contributed by atoms with E-state index in [1.807, 2.05) is 41.3 Å². The molecule has 2 unspecified atom stereocenters. The number of rotatable bonds is 9. The van der Waals surface area contributed by atoms with Gasteiger partial charge in [0.05, 0.1) is 34.3 Å². The van der Waals surface area contributed by atoms with Crippen LogP contribution in [0.5, 0.6) is 0 Å². The van der Waals surface area contributed by atoms with Gasteiger partial charge in [0.2, 0.25) is 5.91 Å². The molecule has 2 heterocycles. The largest absolute Gasteiger partial charge is 0.376 e. The Kier molecular flexibility index (Phi) is 10.9. The summed E-state index contributed by atoms with van der Waals surface area (Å²) in [7, 11) is 0. The lowest BCUT2D eigenvalue weighted by Gasteiger charge is -2.39. The third-order valence-electron chi connectivity index (χ3n) is 12.9. The molecule has 1 aliphatic carbocycles. The number of Topliss-reactive ketones (excluding diaryl/α,β-unsaturated/α-hetero) is 1. The average molecular weight is 822 g/mol. The number of allylic oxidation sites excluding steroid dienone is 1. The molecule has 0 radical (unpaired) electrons. The Bertz CT molecular complexity index is 2660. The van der Waals surface area contributed by atoms with Crippen molar-refractivity contribution in [1.82, 2.24) is 0 Å². The molecule has 3 aliphatic rings. The zero-order valence-electron chi connectivity index (χ0n) is 35.4. The molecule has 61 heavy (non-hydrogen) atoms. The maximum Gasteiger partial charge on any atom is 0.227 e. The number of nitrogens with zero attached hydrogens (tertiary/aromatic N) is 2. The van der Waals surface area contributed by atoms with E-state index in [9.17, 15) is 9.59 Å². The summed E-state index contributed by atoms with van der Waals surface area (Å²) in [5, 5.41) is 4.36. The SMILES string of the molecule is CCCCC(=O)N1c2cccc(-c3cccc(C(c4ccccc4)(c4ccccc4)c4ccc5c(c4)NC(C)(C)C=C5C)c3)c2N=C2CCCC(=O)C2C1c1ccccc1Cl. The number of anilines is 2. The van der Waals surface area contributed by atoms with Crippen LogP contribution in [-0.4, -0.2) is 22.9 Å². The number of hydrogen-bond acceptors (Lipinski definition) is 4. The van der Waals surface area contributed by atoms with Gasteiger partial charge in [-0.05, 0) is 103 Å². The third-order valence-corrected chi connectivity index (χ3v) is 13.2. The Morgan fingerprint density at radius 3 is 2.18 bits per heavy atom. The molecule has 6 aromatic carbocycles. The molecule has 2 aliphatic heterocycles. The first-order valence-corrected chi connectivity index (χ1v) is 22.1. The smallest absolute Gasteiger partial charge is 0.227 e. The van der Waals surface area contributed by atoms with Crippen molar-refractivity contribution in [2.45, 2.75) is 83.2 Å². The van der Waals surface area contributed by atoms with Gasteiger partial charge in [0.1, 0.15) is 5.78 Å². The number of unbranched alkanes of at least 4 members (excludes halogenated alkanes) is 1. The zero-order valence-corrected chi connectivity index (χ0v) is 36.2. The van der Waals surface area contributed by atoms with Gasteiger partial charge < -0.3 is 10.2 Å². The Morgan fingerprint density at radius 2 is 1.46 bits per heavy atom. The predicted octanol–water partition coefficient (Wildman–Crippen LogP) is 13.7. The zero-order chi connectivity index (χ0) is 42.3. The third kappa shape index (κ3) is 7.23. The number of amides is 1. The van der Waals surface area contributed by atoms with Crippen molar-refractivity contribution in [3.63, 3.8) is 0 Å². The second-order valence-electron chi connectivity index (χ2n) is 17.4. The van der Waals surface area contributed by atoms with Gasteiger partial charge >= 0.3 is 0 Å². The monoisotopic (exact) mass is 821 g/mol. The van der Waals surface area contributed by atoms with Gasteiger partial charge in [0.25, 0.3) is 0 Å². The number of halogens is 1. The summed E-state index contributed by atoms with van der Waals surface area (Å²) < 4.78 is 0. The van der Waals surface area contributed by atoms with Crippen LogP contribution in [0, 0.1) is 5.92 Å². The maximum atomic E-state index is 14.7. The van der Waals surface area contributed by atoms with Crippen molar-refractivity contribution in [1.29, 1.82) is 0 Å². The summed E-state index contributed by atoms with van der Waals surface area (Å²) in [4.78, 5) is 36.3. The second-order valence-corrected chi connectivity index (χ2v) is 17.8. The lowest BCUT2D eigenvalue weighted by Crippen LogP contribution is -2.44. The number of carbonyl (C=O) groups is 2. The molecule has 5 nitrogen and oxygen atoms in total. The van der Waals surface area contributed by atoms with Crippen molar-refractivity contribution in [2.24, 2.45) is 10.9 Å². The second kappa shape index (κ2) is 16.4. The van der Waals surface area contributed by atoms with Crippen LogP contribution in [0.3, 0.4) is 0 Å². The molecule has 2 atom stereocenters. The molecule has 1 fully saturated rings. The van der Waals surface area contributed by atoms with Crippen LogP contribution in [0.4, 0.5) is 17.1 Å². The number of para-hydroxylation sites is 1. The fourth-order valence-electron chi connectivity index (χ4n) is 10.2. The van der Waals surface area contributed by atoms with Crippen LogP contribution in [0.1, 0.15) is 106 Å². The summed E-state index contributed by atoms with van der Waals surface area (Å²) >= 11 is 6.99. The summed E-state index contributed by atoms with van der Waals surface area (Å²) in [6, 6.07) is 50.5. The molecule has 0 aromatic heterocycles. The Balaban J connectivity index is 1.30. The maximum absolute atomic E-state index is 14.7. The van der Waals surface area contributed by atoms with E-state index in [1.54, 1.807) is 0 Å². The number of nitrogens with one attached hydrogen (secondary N) is 1. The van der Waals surface area contributed by atoms with Gasteiger partial charge in [0.15, 0.2) is 0 Å². The minimum Gasteiger partial charge on any atom is -0.376 e. The quantitative estimate of drug-likeness (QED) is 0.148. The molecular formula is C55H52ClN3O2. The summed E-state index contributed by atoms with van der Waals surface area (Å²) in [5.41, 5.74) is 12.0. The van der Waals surface area contributed by atoms with Gasteiger partial charge in [0, 0.05) is 40.4 Å². The van der Waals surface area contributed by atoms with Crippen LogP contribution < -0.4 is 10.2 Å². The summed E-state index contributed by atoms with van der Waals surface area (Å²) in [5.74, 6) is -0.533. The highest BCUT2D eigenvalue weighted by Gasteiger charge is 2.45. The molecule has 0 spiro atoms. The van der Waals surface area contributed by atoms with Gasteiger partial charge in [-0.25, -0.2) is 0 Å². The number of fused-ring (bicyclic) bond motifs is 3. The number of aliphatic imine (C=N–C) groups is 1. The standard InChI is InChI=1S/C55H52ClN3O2/c1-5-6-30-50(61)59-48-28-16-25-43(52(48)57-46-27-17-29-49(60)51(46)53(59)44-24-13-14-26-45(44)56)37-18-15-23-40(33-37)55(38-19-9-7-10-20-38,39-21-11-8-12-22-39)41-31-32-42-36(2)35-54(3,4)58-47(42)34-41/h7-16,18-26,28,31-35,51,53,58H,5-6,17,27,29-30H2,1-4H3. The predicted molar refractivity (Wildman–Crippen MR) is 252 cm³/mol. The topological polar surface area (TPSA) is 61.8 Å². The van der Waals surface area contributed by atoms with E-state index in [2.05, 4.69) is 148 Å². The van der Waals surface area contributed by atoms with Gasteiger partial charge in [-0.3, -0.25) is 14.6 Å². The van der Waals surface area contributed by atoms with E-state index in [0.29, 0.717) is 35.7 Å². The highest BCUT2D eigenvalue weighted by Crippen LogP contribution is 2.52. The lowest BCUT2D eigenvalue weighted by molar-refractivity contribution is -0.123. The normalized spacial score (nSPS) is 18.1. The van der Waals surface area contributed by atoms with Crippen molar-refractivity contribution < 1.29 is 9.59 Å². The van der Waals surface area contributed by atoms with Gasteiger partial charge in [-0.1, -0.05) is 152 Å². The van der Waals surface area contributed by atoms with E-state index in [1.165, 1.54) is 11.1 Å². The Morgan fingerprint density at radius 1 is 0.787 bits per heavy atom. The molecule has 306 valence electrons. The number of carbonyl (C=O) groups excluding carboxylic acids is 2. The first kappa shape index (κ1) is 40.4. The number of hydrogen-bond donors (Lipinski definition) is 1. The molecule has 0 bridgehead atoms. The molecule has 0 saturated heterocycles. The van der Waals surface area contributed by atoms with Crippen LogP contribution in [0.2, 0.25) is 5.02 Å². The first-order chi connectivity index (χ1) is 29.6. The van der Waals surface area contributed by atoms with E-state index in [-0.39, 0.29) is 17.2 Å². The van der Waals surface area contributed by atoms with Crippen molar-refractivity contribution >= 4 is 51.6 Å². The molecule has 1 N–H and O–H groups in total. The van der Waals surface area contributed by atoms with Crippen molar-refractivity contribution in [3.05, 3.63) is 190 Å². The number of benzene rings is 6. The van der Waals surface area contributed by atoms with Crippen LogP contribution >= 0.6 is 11.6 Å². The fourth-order valence-corrected chi connectivity index (χ4v) is 10.5. The Hall–Kier alpha value is -6.04. The lowest BCUT2D eigenvalue weighted by atomic mass is 9.64. The van der Waals surface area contributed by atoms with E-state index < -0.39 is 17.4 Å². The van der Waals surface area contributed by atoms with Gasteiger partial charge in [-0.2, -0.15) is 0 Å². The fraction of sp³-hybridized carbons (Fsp3) is 0.255. The highest BCUT2D eigenvalue weighted by atomic mass is 35.5. The Labute approximate surface area is 365 Å².